The molecule has 2 atom stereocenters. The summed E-state index contributed by atoms with van der Waals surface area (Å²) in [5.41, 5.74) is 0.581. The van der Waals surface area contributed by atoms with Crippen LogP contribution in [0.25, 0.3) is 0 Å². The van der Waals surface area contributed by atoms with E-state index in [1.54, 1.807) is 0 Å². The van der Waals surface area contributed by atoms with Gasteiger partial charge in [-0.3, -0.25) is 4.90 Å². The van der Waals surface area contributed by atoms with E-state index in [1.165, 1.54) is 71.1 Å². The molecule has 2 saturated heterocycles. The van der Waals surface area contributed by atoms with Crippen molar-refractivity contribution >= 4 is 0 Å². The van der Waals surface area contributed by atoms with Gasteiger partial charge in [-0.25, -0.2) is 0 Å². The van der Waals surface area contributed by atoms with Crippen molar-refractivity contribution in [1.82, 2.24) is 10.2 Å². The van der Waals surface area contributed by atoms with Crippen LogP contribution >= 0.6 is 0 Å². The fourth-order valence-electron chi connectivity index (χ4n) is 3.68. The first-order valence-electron chi connectivity index (χ1n) is 7.74. The first-order valence-corrected chi connectivity index (χ1v) is 7.74. The van der Waals surface area contributed by atoms with Gasteiger partial charge in [0.05, 0.1) is 0 Å². The Balaban J connectivity index is 1.98. The SMILES string of the molecule is CCC1CCCCCN1CC1(CC)CCNC1. The van der Waals surface area contributed by atoms with E-state index in [-0.39, 0.29) is 0 Å². The van der Waals surface area contributed by atoms with Crippen LogP contribution in [0.4, 0.5) is 0 Å². The Labute approximate surface area is 107 Å². The van der Waals surface area contributed by atoms with Gasteiger partial charge < -0.3 is 5.32 Å². The third kappa shape index (κ3) is 3.23. The molecule has 2 aliphatic heterocycles. The average molecular weight is 238 g/mol. The molecule has 1 N–H and O–H groups in total. The van der Waals surface area contributed by atoms with Crippen LogP contribution in [0.3, 0.4) is 0 Å². The van der Waals surface area contributed by atoms with E-state index in [0.717, 1.165) is 6.04 Å². The second-order valence-electron chi connectivity index (χ2n) is 6.16. The molecule has 0 aromatic rings. The van der Waals surface area contributed by atoms with Gasteiger partial charge in [-0.1, -0.05) is 26.7 Å². The van der Waals surface area contributed by atoms with Gasteiger partial charge in [0, 0.05) is 19.1 Å². The van der Waals surface area contributed by atoms with Gasteiger partial charge in [-0.15, -0.1) is 0 Å². The van der Waals surface area contributed by atoms with Crippen molar-refractivity contribution in [3.63, 3.8) is 0 Å². The molecule has 2 rings (SSSR count). The number of hydrogen-bond acceptors (Lipinski definition) is 2. The first-order chi connectivity index (χ1) is 8.29. The van der Waals surface area contributed by atoms with Gasteiger partial charge in [-0.2, -0.15) is 0 Å². The maximum atomic E-state index is 3.58. The number of nitrogens with zero attached hydrogens (tertiary/aromatic N) is 1. The molecule has 2 heterocycles. The molecule has 2 aliphatic rings. The van der Waals surface area contributed by atoms with E-state index >= 15 is 0 Å². The van der Waals surface area contributed by atoms with Gasteiger partial charge in [0.25, 0.3) is 0 Å². The van der Waals surface area contributed by atoms with E-state index < -0.39 is 0 Å². The van der Waals surface area contributed by atoms with Crippen LogP contribution in [0.15, 0.2) is 0 Å². The Morgan fingerprint density at radius 2 is 2.12 bits per heavy atom. The van der Waals surface area contributed by atoms with Gasteiger partial charge in [0.15, 0.2) is 0 Å². The summed E-state index contributed by atoms with van der Waals surface area (Å²) in [7, 11) is 0. The zero-order valence-electron chi connectivity index (χ0n) is 11.8. The summed E-state index contributed by atoms with van der Waals surface area (Å²) in [4.78, 5) is 2.82. The maximum absolute atomic E-state index is 3.58. The normalized spacial score (nSPS) is 36.0. The smallest absolute Gasteiger partial charge is 0.00928 e. The zero-order valence-corrected chi connectivity index (χ0v) is 11.8. The summed E-state index contributed by atoms with van der Waals surface area (Å²) < 4.78 is 0. The lowest BCUT2D eigenvalue weighted by molar-refractivity contribution is 0.114. The third-order valence-electron chi connectivity index (χ3n) is 5.09. The Morgan fingerprint density at radius 3 is 2.76 bits per heavy atom. The molecule has 0 bridgehead atoms. The minimum atomic E-state index is 0.581. The van der Waals surface area contributed by atoms with Gasteiger partial charge in [-0.05, 0) is 50.6 Å². The molecule has 0 amide bonds. The number of rotatable bonds is 4. The number of likely N-dealkylation sites (tertiary alicyclic amines) is 1. The molecule has 17 heavy (non-hydrogen) atoms. The first kappa shape index (κ1) is 13.4. The van der Waals surface area contributed by atoms with Crippen LogP contribution in [0.5, 0.6) is 0 Å². The molecule has 2 fully saturated rings. The minimum Gasteiger partial charge on any atom is -0.316 e. The second kappa shape index (κ2) is 6.19. The Morgan fingerprint density at radius 1 is 1.24 bits per heavy atom. The lowest BCUT2D eigenvalue weighted by Gasteiger charge is -2.38. The van der Waals surface area contributed by atoms with Crippen molar-refractivity contribution in [2.45, 2.75) is 64.8 Å². The van der Waals surface area contributed by atoms with Crippen LogP contribution < -0.4 is 5.32 Å². The van der Waals surface area contributed by atoms with E-state index in [2.05, 4.69) is 24.1 Å². The zero-order chi connectivity index (χ0) is 12.1. The molecule has 0 spiro atoms. The molecule has 0 aromatic heterocycles. The van der Waals surface area contributed by atoms with Gasteiger partial charge in [0.2, 0.25) is 0 Å². The average Bonchev–Trinajstić information content (AvgIpc) is 2.70. The van der Waals surface area contributed by atoms with Crippen molar-refractivity contribution in [3.05, 3.63) is 0 Å². The highest BCUT2D eigenvalue weighted by atomic mass is 15.2. The van der Waals surface area contributed by atoms with Crippen LogP contribution in [0.2, 0.25) is 0 Å². The van der Waals surface area contributed by atoms with Crippen molar-refractivity contribution in [3.8, 4) is 0 Å². The molecule has 0 aromatic carbocycles. The van der Waals surface area contributed by atoms with Crippen LogP contribution in [0, 0.1) is 5.41 Å². The largest absolute Gasteiger partial charge is 0.316 e. The Bertz CT molecular complexity index is 221. The summed E-state index contributed by atoms with van der Waals surface area (Å²) in [5, 5.41) is 3.58. The van der Waals surface area contributed by atoms with Crippen molar-refractivity contribution in [1.29, 1.82) is 0 Å². The summed E-state index contributed by atoms with van der Waals surface area (Å²) in [6, 6.07) is 0.863. The van der Waals surface area contributed by atoms with Crippen LogP contribution in [-0.4, -0.2) is 37.1 Å². The number of hydrogen-bond donors (Lipinski definition) is 1. The van der Waals surface area contributed by atoms with Crippen LogP contribution in [-0.2, 0) is 0 Å². The fourth-order valence-corrected chi connectivity index (χ4v) is 3.68. The number of nitrogens with one attached hydrogen (secondary N) is 1. The summed E-state index contributed by atoms with van der Waals surface area (Å²) in [5.74, 6) is 0. The monoisotopic (exact) mass is 238 g/mol. The molecule has 0 saturated carbocycles. The topological polar surface area (TPSA) is 15.3 Å². The standard InChI is InChI=1S/C15H30N2/c1-3-14-8-6-5-7-11-17(14)13-15(4-2)9-10-16-12-15/h14,16H,3-13H2,1-2H3. The van der Waals surface area contributed by atoms with E-state index in [0.29, 0.717) is 5.41 Å². The van der Waals surface area contributed by atoms with E-state index in [1.807, 2.05) is 0 Å². The lowest BCUT2D eigenvalue weighted by Crippen LogP contribution is -2.44. The highest BCUT2D eigenvalue weighted by Crippen LogP contribution is 2.32. The minimum absolute atomic E-state index is 0.581. The van der Waals surface area contributed by atoms with Crippen molar-refractivity contribution in [2.75, 3.05) is 26.2 Å². The van der Waals surface area contributed by atoms with E-state index in [9.17, 15) is 0 Å². The molecule has 2 nitrogen and oxygen atoms in total. The van der Waals surface area contributed by atoms with Gasteiger partial charge in [0.1, 0.15) is 0 Å². The molecular weight excluding hydrogens is 208 g/mol. The van der Waals surface area contributed by atoms with Crippen molar-refractivity contribution in [2.24, 2.45) is 5.41 Å². The highest BCUT2D eigenvalue weighted by molar-refractivity contribution is 4.91. The second-order valence-corrected chi connectivity index (χ2v) is 6.16. The lowest BCUT2D eigenvalue weighted by atomic mass is 9.83. The third-order valence-corrected chi connectivity index (χ3v) is 5.09. The van der Waals surface area contributed by atoms with Gasteiger partial charge >= 0.3 is 0 Å². The predicted octanol–water partition coefficient (Wildman–Crippen LogP) is 3.03. The molecule has 2 heteroatoms. The van der Waals surface area contributed by atoms with Crippen LogP contribution in [0.1, 0.15) is 58.8 Å². The Kier molecular flexibility index (Phi) is 4.87. The highest BCUT2D eigenvalue weighted by Gasteiger charge is 2.35. The molecule has 100 valence electrons. The fraction of sp³-hybridized carbons (Fsp3) is 1.00. The summed E-state index contributed by atoms with van der Waals surface area (Å²) in [6.07, 6.45) is 9.82. The molecule has 0 radical (unpaired) electrons. The van der Waals surface area contributed by atoms with Crippen molar-refractivity contribution < 1.29 is 0 Å². The summed E-state index contributed by atoms with van der Waals surface area (Å²) in [6.45, 7) is 9.92. The predicted molar refractivity (Wildman–Crippen MR) is 74.3 cm³/mol. The maximum Gasteiger partial charge on any atom is 0.00928 e. The summed E-state index contributed by atoms with van der Waals surface area (Å²) >= 11 is 0. The molecular formula is C15H30N2. The Hall–Kier alpha value is -0.0800. The quantitative estimate of drug-likeness (QED) is 0.810. The molecule has 0 aliphatic carbocycles. The van der Waals surface area contributed by atoms with E-state index in [4.69, 9.17) is 0 Å². The molecule has 2 unspecified atom stereocenters.